The molecule has 0 aromatic carbocycles. The fourth-order valence-corrected chi connectivity index (χ4v) is 1.45. The second kappa shape index (κ2) is 3.42. The lowest BCUT2D eigenvalue weighted by Crippen LogP contribution is -2.64. The van der Waals surface area contributed by atoms with Gasteiger partial charge in [-0.05, 0) is 34.1 Å². The van der Waals surface area contributed by atoms with Crippen LogP contribution in [0, 0.1) is 0 Å². The van der Waals surface area contributed by atoms with Crippen LogP contribution in [-0.2, 0) is 4.74 Å². The summed E-state index contributed by atoms with van der Waals surface area (Å²) < 4.78 is 5.27. The van der Waals surface area contributed by atoms with E-state index in [-0.39, 0.29) is 11.6 Å². The molecule has 0 aliphatic carbocycles. The van der Waals surface area contributed by atoms with Gasteiger partial charge in [-0.25, -0.2) is 4.79 Å². The zero-order valence-corrected chi connectivity index (χ0v) is 9.46. The lowest BCUT2D eigenvalue weighted by Gasteiger charge is -2.49. The van der Waals surface area contributed by atoms with Crippen LogP contribution >= 0.6 is 0 Å². The van der Waals surface area contributed by atoms with Crippen LogP contribution in [0.4, 0.5) is 4.79 Å². The molecular formula is C10H20N2O2. The van der Waals surface area contributed by atoms with Crippen molar-refractivity contribution in [2.45, 2.75) is 45.3 Å². The Morgan fingerprint density at radius 1 is 1.57 bits per heavy atom. The van der Waals surface area contributed by atoms with E-state index < -0.39 is 5.60 Å². The van der Waals surface area contributed by atoms with Crippen molar-refractivity contribution in [2.24, 2.45) is 5.73 Å². The number of nitrogens with two attached hydrogens (primary N) is 1. The van der Waals surface area contributed by atoms with Crippen molar-refractivity contribution in [2.75, 3.05) is 13.1 Å². The van der Waals surface area contributed by atoms with Crippen molar-refractivity contribution in [3.63, 3.8) is 0 Å². The summed E-state index contributed by atoms with van der Waals surface area (Å²) in [5.41, 5.74) is 4.99. The van der Waals surface area contributed by atoms with Gasteiger partial charge in [0, 0.05) is 13.1 Å². The summed E-state index contributed by atoms with van der Waals surface area (Å²) in [7, 11) is 0. The van der Waals surface area contributed by atoms with E-state index in [2.05, 4.69) is 0 Å². The van der Waals surface area contributed by atoms with E-state index in [0.717, 1.165) is 13.0 Å². The Hall–Kier alpha value is -0.770. The minimum atomic E-state index is -0.428. The normalized spacial score (nSPS) is 27.1. The van der Waals surface area contributed by atoms with Crippen LogP contribution in [0.15, 0.2) is 0 Å². The molecular weight excluding hydrogens is 180 g/mol. The summed E-state index contributed by atoms with van der Waals surface area (Å²) in [5.74, 6) is 0. The monoisotopic (exact) mass is 200 g/mol. The maximum atomic E-state index is 11.7. The Morgan fingerprint density at radius 3 is 2.43 bits per heavy atom. The Morgan fingerprint density at radius 2 is 2.14 bits per heavy atom. The van der Waals surface area contributed by atoms with E-state index in [0.29, 0.717) is 6.54 Å². The number of amides is 1. The minimum Gasteiger partial charge on any atom is -0.444 e. The number of likely N-dealkylation sites (tertiary alicyclic amines) is 1. The van der Waals surface area contributed by atoms with E-state index in [1.165, 1.54) is 0 Å². The largest absolute Gasteiger partial charge is 0.444 e. The third kappa shape index (κ3) is 2.18. The predicted molar refractivity (Wildman–Crippen MR) is 55.0 cm³/mol. The summed E-state index contributed by atoms with van der Waals surface area (Å²) >= 11 is 0. The molecule has 1 unspecified atom stereocenters. The van der Waals surface area contributed by atoms with Crippen LogP contribution < -0.4 is 5.73 Å². The van der Waals surface area contributed by atoms with E-state index >= 15 is 0 Å². The van der Waals surface area contributed by atoms with Gasteiger partial charge in [-0.15, -0.1) is 0 Å². The molecule has 0 saturated carbocycles. The standard InChI is InChI=1S/C10H20N2O2/c1-9(2,3)14-8(13)12-6-5-10(12,4)7-11/h5-7,11H2,1-4H3. The summed E-state index contributed by atoms with van der Waals surface area (Å²) in [4.78, 5) is 13.4. The van der Waals surface area contributed by atoms with E-state index in [9.17, 15) is 4.79 Å². The van der Waals surface area contributed by atoms with Crippen LogP contribution in [-0.4, -0.2) is 35.2 Å². The Kier molecular flexibility index (Phi) is 2.76. The quantitative estimate of drug-likeness (QED) is 0.695. The molecule has 0 bridgehead atoms. The Labute approximate surface area is 85.4 Å². The molecule has 0 spiro atoms. The van der Waals surface area contributed by atoms with Gasteiger partial charge in [0.1, 0.15) is 5.60 Å². The summed E-state index contributed by atoms with van der Waals surface area (Å²) in [6, 6.07) is 0. The maximum Gasteiger partial charge on any atom is 0.410 e. The van der Waals surface area contributed by atoms with Crippen molar-refractivity contribution < 1.29 is 9.53 Å². The summed E-state index contributed by atoms with van der Waals surface area (Å²) in [5, 5.41) is 0. The average Bonchev–Trinajstić information content (AvgIpc) is 1.97. The Balaban J connectivity index is 2.55. The smallest absolute Gasteiger partial charge is 0.410 e. The second-order valence-electron chi connectivity index (χ2n) is 5.08. The first-order valence-corrected chi connectivity index (χ1v) is 4.99. The lowest BCUT2D eigenvalue weighted by molar-refractivity contribution is -0.0340. The molecule has 0 aromatic heterocycles. The number of nitrogens with zero attached hydrogens (tertiary/aromatic N) is 1. The molecule has 1 fully saturated rings. The zero-order chi connectivity index (χ0) is 11.0. The topological polar surface area (TPSA) is 55.6 Å². The van der Waals surface area contributed by atoms with Gasteiger partial charge in [-0.3, -0.25) is 0 Å². The molecule has 1 rings (SSSR count). The number of rotatable bonds is 1. The number of carbonyl (C=O) groups is 1. The van der Waals surface area contributed by atoms with Gasteiger partial charge in [-0.1, -0.05) is 0 Å². The van der Waals surface area contributed by atoms with Crippen LogP contribution in [0.25, 0.3) is 0 Å². The SMILES string of the molecule is CC(C)(C)OC(=O)N1CCC1(C)CN. The van der Waals surface area contributed by atoms with Gasteiger partial charge in [0.25, 0.3) is 0 Å². The first kappa shape index (κ1) is 11.3. The number of hydrogen-bond donors (Lipinski definition) is 1. The van der Waals surface area contributed by atoms with E-state index in [4.69, 9.17) is 10.5 Å². The van der Waals surface area contributed by atoms with Gasteiger partial charge < -0.3 is 15.4 Å². The lowest BCUT2D eigenvalue weighted by atomic mass is 9.87. The third-order valence-electron chi connectivity index (χ3n) is 2.58. The van der Waals surface area contributed by atoms with Gasteiger partial charge in [-0.2, -0.15) is 0 Å². The molecule has 1 aliphatic rings. The summed E-state index contributed by atoms with van der Waals surface area (Å²) in [6.07, 6.45) is 0.708. The molecule has 1 aliphatic heterocycles. The highest BCUT2D eigenvalue weighted by Crippen LogP contribution is 2.30. The van der Waals surface area contributed by atoms with Gasteiger partial charge in [0.05, 0.1) is 5.54 Å². The zero-order valence-electron chi connectivity index (χ0n) is 9.46. The highest BCUT2D eigenvalue weighted by Gasteiger charge is 2.44. The molecule has 4 nitrogen and oxygen atoms in total. The molecule has 1 amide bonds. The molecule has 0 radical (unpaired) electrons. The first-order chi connectivity index (χ1) is 6.28. The van der Waals surface area contributed by atoms with Crippen LogP contribution in [0.5, 0.6) is 0 Å². The van der Waals surface area contributed by atoms with Crippen molar-refractivity contribution >= 4 is 6.09 Å². The fourth-order valence-electron chi connectivity index (χ4n) is 1.45. The predicted octanol–water partition coefficient (Wildman–Crippen LogP) is 1.34. The summed E-state index contributed by atoms with van der Waals surface area (Å²) in [6.45, 7) is 8.83. The van der Waals surface area contributed by atoms with Crippen molar-refractivity contribution in [1.82, 2.24) is 4.90 Å². The van der Waals surface area contributed by atoms with Gasteiger partial charge >= 0.3 is 6.09 Å². The third-order valence-corrected chi connectivity index (χ3v) is 2.58. The van der Waals surface area contributed by atoms with Crippen molar-refractivity contribution in [1.29, 1.82) is 0 Å². The van der Waals surface area contributed by atoms with E-state index in [1.807, 2.05) is 27.7 Å². The molecule has 14 heavy (non-hydrogen) atoms. The Bertz CT molecular complexity index is 231. The van der Waals surface area contributed by atoms with Crippen molar-refractivity contribution in [3.05, 3.63) is 0 Å². The molecule has 1 atom stereocenters. The van der Waals surface area contributed by atoms with Crippen LogP contribution in [0.3, 0.4) is 0 Å². The number of carbonyl (C=O) groups excluding carboxylic acids is 1. The average molecular weight is 200 g/mol. The molecule has 1 heterocycles. The molecule has 1 saturated heterocycles. The van der Waals surface area contributed by atoms with Crippen LogP contribution in [0.2, 0.25) is 0 Å². The number of hydrogen-bond acceptors (Lipinski definition) is 3. The highest BCUT2D eigenvalue weighted by molar-refractivity contribution is 5.70. The maximum absolute atomic E-state index is 11.7. The molecule has 4 heteroatoms. The molecule has 0 aromatic rings. The minimum absolute atomic E-state index is 0.192. The van der Waals surface area contributed by atoms with Crippen LogP contribution in [0.1, 0.15) is 34.1 Å². The van der Waals surface area contributed by atoms with E-state index in [1.54, 1.807) is 4.90 Å². The highest BCUT2D eigenvalue weighted by atomic mass is 16.6. The fraction of sp³-hybridized carbons (Fsp3) is 0.900. The van der Waals surface area contributed by atoms with Gasteiger partial charge in [0.2, 0.25) is 0 Å². The number of ether oxygens (including phenoxy) is 1. The van der Waals surface area contributed by atoms with Crippen molar-refractivity contribution in [3.8, 4) is 0 Å². The molecule has 82 valence electrons. The van der Waals surface area contributed by atoms with Gasteiger partial charge in [0.15, 0.2) is 0 Å². The molecule has 2 N–H and O–H groups in total. The second-order valence-corrected chi connectivity index (χ2v) is 5.08. The first-order valence-electron chi connectivity index (χ1n) is 4.99.